The highest BCUT2D eigenvalue weighted by Crippen LogP contribution is 2.48. The van der Waals surface area contributed by atoms with Crippen molar-refractivity contribution >= 4 is 5.91 Å². The Bertz CT molecular complexity index is 451. The predicted octanol–water partition coefficient (Wildman–Crippen LogP) is 1.40. The van der Waals surface area contributed by atoms with E-state index in [4.69, 9.17) is 0 Å². The van der Waals surface area contributed by atoms with E-state index in [2.05, 4.69) is 10.6 Å². The van der Waals surface area contributed by atoms with Gasteiger partial charge in [-0.05, 0) is 31.0 Å². The Balaban J connectivity index is 1.94. The molecule has 5 heteroatoms. The molecule has 1 saturated carbocycles. The first-order chi connectivity index (χ1) is 8.65. The van der Waals surface area contributed by atoms with Gasteiger partial charge in [-0.3, -0.25) is 4.79 Å². The maximum atomic E-state index is 13.5. The zero-order valence-electron chi connectivity index (χ0n) is 10.2. The second-order valence-corrected chi connectivity index (χ2v) is 4.49. The predicted molar refractivity (Wildman–Crippen MR) is 64.1 cm³/mol. The van der Waals surface area contributed by atoms with E-state index < -0.39 is 11.6 Å². The van der Waals surface area contributed by atoms with E-state index in [1.807, 2.05) is 0 Å². The molecule has 1 aliphatic carbocycles. The number of carbonyl (C=O) groups is 1. The molecule has 1 amide bonds. The van der Waals surface area contributed by atoms with Crippen LogP contribution in [-0.4, -0.2) is 26.0 Å². The maximum absolute atomic E-state index is 13.5. The monoisotopic (exact) mass is 254 g/mol. The minimum atomic E-state index is -0.853. The van der Waals surface area contributed by atoms with Gasteiger partial charge in [0.25, 0.3) is 0 Å². The molecule has 0 spiro atoms. The van der Waals surface area contributed by atoms with E-state index in [0.717, 1.165) is 6.07 Å². The lowest BCUT2D eigenvalue weighted by Gasteiger charge is -2.05. The number of amides is 1. The lowest BCUT2D eigenvalue weighted by atomic mass is 10.1. The smallest absolute Gasteiger partial charge is 0.223 e. The van der Waals surface area contributed by atoms with E-state index in [1.54, 1.807) is 13.1 Å². The zero-order valence-corrected chi connectivity index (χ0v) is 10.2. The van der Waals surface area contributed by atoms with E-state index in [1.165, 1.54) is 6.07 Å². The molecule has 0 radical (unpaired) electrons. The molecular formula is C13H16F2N2O. The highest BCUT2D eigenvalue weighted by atomic mass is 19.2. The fourth-order valence-electron chi connectivity index (χ4n) is 2.08. The number of halogens is 2. The van der Waals surface area contributed by atoms with Gasteiger partial charge in [0, 0.05) is 19.0 Å². The first-order valence-electron chi connectivity index (χ1n) is 6.01. The summed E-state index contributed by atoms with van der Waals surface area (Å²) in [6.07, 6.45) is 0.589. The van der Waals surface area contributed by atoms with Gasteiger partial charge in [0.05, 0.1) is 0 Å². The lowest BCUT2D eigenvalue weighted by molar-refractivity contribution is -0.122. The molecule has 1 aromatic rings. The first kappa shape index (κ1) is 13.0. The number of benzene rings is 1. The van der Waals surface area contributed by atoms with Crippen molar-refractivity contribution in [1.29, 1.82) is 0 Å². The van der Waals surface area contributed by atoms with E-state index in [9.17, 15) is 13.6 Å². The standard InChI is InChI=1S/C13H16F2N2O/c1-16-5-6-17-13(18)10-7-9(10)8-3-2-4-11(14)12(8)15/h2-4,9-10,16H,5-7H2,1H3,(H,17,18). The summed E-state index contributed by atoms with van der Waals surface area (Å²) in [6.45, 7) is 1.24. The van der Waals surface area contributed by atoms with Crippen molar-refractivity contribution in [3.05, 3.63) is 35.4 Å². The Morgan fingerprint density at radius 3 is 2.89 bits per heavy atom. The largest absolute Gasteiger partial charge is 0.355 e. The number of carbonyl (C=O) groups excluding carboxylic acids is 1. The summed E-state index contributed by atoms with van der Waals surface area (Å²) < 4.78 is 26.6. The van der Waals surface area contributed by atoms with Gasteiger partial charge in [0.1, 0.15) is 0 Å². The van der Waals surface area contributed by atoms with Crippen molar-refractivity contribution in [2.24, 2.45) is 5.92 Å². The summed E-state index contributed by atoms with van der Waals surface area (Å²) in [5, 5.41) is 5.68. The Morgan fingerprint density at radius 2 is 2.17 bits per heavy atom. The summed E-state index contributed by atoms with van der Waals surface area (Å²) in [4.78, 5) is 11.7. The van der Waals surface area contributed by atoms with E-state index in [-0.39, 0.29) is 17.7 Å². The molecule has 1 fully saturated rings. The Kier molecular flexibility index (Phi) is 3.91. The van der Waals surface area contributed by atoms with Crippen LogP contribution in [0.3, 0.4) is 0 Å². The zero-order chi connectivity index (χ0) is 13.1. The summed E-state index contributed by atoms with van der Waals surface area (Å²) in [5.41, 5.74) is 0.309. The maximum Gasteiger partial charge on any atom is 0.223 e. The molecule has 3 nitrogen and oxygen atoms in total. The third-order valence-corrected chi connectivity index (χ3v) is 3.18. The molecular weight excluding hydrogens is 238 g/mol. The van der Waals surface area contributed by atoms with Crippen LogP contribution < -0.4 is 10.6 Å². The van der Waals surface area contributed by atoms with Crippen LogP contribution in [0.15, 0.2) is 18.2 Å². The van der Waals surface area contributed by atoms with Crippen molar-refractivity contribution in [3.8, 4) is 0 Å². The number of likely N-dealkylation sites (N-methyl/N-ethyl adjacent to an activating group) is 1. The van der Waals surface area contributed by atoms with Crippen LogP contribution >= 0.6 is 0 Å². The molecule has 1 aromatic carbocycles. The van der Waals surface area contributed by atoms with Crippen molar-refractivity contribution < 1.29 is 13.6 Å². The summed E-state index contributed by atoms with van der Waals surface area (Å²) in [7, 11) is 1.80. The quantitative estimate of drug-likeness (QED) is 0.780. The van der Waals surface area contributed by atoms with Gasteiger partial charge in [-0.25, -0.2) is 8.78 Å². The van der Waals surface area contributed by atoms with Crippen molar-refractivity contribution in [1.82, 2.24) is 10.6 Å². The summed E-state index contributed by atoms with van der Waals surface area (Å²) >= 11 is 0. The average molecular weight is 254 g/mol. The van der Waals surface area contributed by atoms with Gasteiger partial charge in [0.15, 0.2) is 11.6 Å². The van der Waals surface area contributed by atoms with Crippen molar-refractivity contribution in [2.45, 2.75) is 12.3 Å². The topological polar surface area (TPSA) is 41.1 Å². The second kappa shape index (κ2) is 5.44. The van der Waals surface area contributed by atoms with Crippen LogP contribution in [0.25, 0.3) is 0 Å². The molecule has 2 N–H and O–H groups in total. The Morgan fingerprint density at radius 1 is 1.39 bits per heavy atom. The van der Waals surface area contributed by atoms with Crippen molar-refractivity contribution in [2.75, 3.05) is 20.1 Å². The third-order valence-electron chi connectivity index (χ3n) is 3.18. The van der Waals surface area contributed by atoms with Gasteiger partial charge in [0.2, 0.25) is 5.91 Å². The number of hydrogen-bond donors (Lipinski definition) is 2. The number of hydrogen-bond acceptors (Lipinski definition) is 2. The molecule has 18 heavy (non-hydrogen) atoms. The highest BCUT2D eigenvalue weighted by molar-refractivity contribution is 5.82. The SMILES string of the molecule is CNCCNC(=O)C1CC1c1cccc(F)c1F. The minimum Gasteiger partial charge on any atom is -0.355 e. The second-order valence-electron chi connectivity index (χ2n) is 4.49. The molecule has 0 saturated heterocycles. The highest BCUT2D eigenvalue weighted by Gasteiger charge is 2.45. The van der Waals surface area contributed by atoms with Gasteiger partial charge >= 0.3 is 0 Å². The van der Waals surface area contributed by atoms with Gasteiger partial charge < -0.3 is 10.6 Å². The van der Waals surface area contributed by atoms with E-state index >= 15 is 0 Å². The van der Waals surface area contributed by atoms with Crippen LogP contribution in [0, 0.1) is 17.6 Å². The van der Waals surface area contributed by atoms with Crippen LogP contribution in [-0.2, 0) is 4.79 Å². The van der Waals surface area contributed by atoms with Gasteiger partial charge in [-0.2, -0.15) is 0 Å². The molecule has 2 atom stereocenters. The fourth-order valence-corrected chi connectivity index (χ4v) is 2.08. The molecule has 98 valence electrons. The molecule has 0 heterocycles. The third kappa shape index (κ3) is 2.67. The van der Waals surface area contributed by atoms with Crippen molar-refractivity contribution in [3.63, 3.8) is 0 Å². The Hall–Kier alpha value is -1.49. The number of rotatable bonds is 5. The minimum absolute atomic E-state index is 0.0843. The molecule has 0 bridgehead atoms. The molecule has 0 aliphatic heterocycles. The molecule has 1 aliphatic rings. The first-order valence-corrected chi connectivity index (χ1v) is 6.01. The number of nitrogens with one attached hydrogen (secondary N) is 2. The van der Waals surface area contributed by atoms with Crippen LogP contribution in [0.4, 0.5) is 8.78 Å². The van der Waals surface area contributed by atoms with Gasteiger partial charge in [-0.1, -0.05) is 12.1 Å². The normalized spacial score (nSPS) is 21.7. The summed E-state index contributed by atoms with van der Waals surface area (Å²) in [6, 6.07) is 4.11. The van der Waals surface area contributed by atoms with Crippen LogP contribution in [0.2, 0.25) is 0 Å². The van der Waals surface area contributed by atoms with Crippen LogP contribution in [0.1, 0.15) is 17.9 Å². The van der Waals surface area contributed by atoms with E-state index in [0.29, 0.717) is 25.1 Å². The molecule has 2 rings (SSSR count). The van der Waals surface area contributed by atoms with Crippen LogP contribution in [0.5, 0.6) is 0 Å². The average Bonchev–Trinajstić information content (AvgIpc) is 3.13. The summed E-state index contributed by atoms with van der Waals surface area (Å²) in [5.74, 6) is -2.17. The Labute approximate surface area is 105 Å². The molecule has 2 unspecified atom stereocenters. The fraction of sp³-hybridized carbons (Fsp3) is 0.462. The molecule has 0 aromatic heterocycles. The van der Waals surface area contributed by atoms with Gasteiger partial charge in [-0.15, -0.1) is 0 Å². The lowest BCUT2D eigenvalue weighted by Crippen LogP contribution is -2.31.